The highest BCUT2D eigenvalue weighted by atomic mass is 32.1. The average molecular weight is 481 g/mol. The lowest BCUT2D eigenvalue weighted by atomic mass is 10.1. The summed E-state index contributed by atoms with van der Waals surface area (Å²) in [4.78, 5) is 22.9. The van der Waals surface area contributed by atoms with Gasteiger partial charge < -0.3 is 25.0 Å². The molecule has 0 aliphatic carbocycles. The van der Waals surface area contributed by atoms with Gasteiger partial charge in [-0.05, 0) is 30.7 Å². The average Bonchev–Trinajstić information content (AvgIpc) is 3.07. The molecule has 3 rings (SSSR count). The molecule has 1 heterocycles. The lowest BCUT2D eigenvalue weighted by Gasteiger charge is -2.14. The zero-order chi connectivity index (χ0) is 24.2. The second-order valence-corrected chi connectivity index (χ2v) is 7.81. The van der Waals surface area contributed by atoms with E-state index in [0.29, 0.717) is 27.3 Å². The van der Waals surface area contributed by atoms with E-state index in [0.717, 1.165) is 11.3 Å². The smallest absolute Gasteiger partial charge is 0.480 e. The summed E-state index contributed by atoms with van der Waals surface area (Å²) in [6.07, 6.45) is -4.81. The zero-order valence-electron chi connectivity index (χ0n) is 17.1. The first-order chi connectivity index (χ1) is 15.5. The van der Waals surface area contributed by atoms with E-state index in [-0.39, 0.29) is 22.9 Å². The van der Waals surface area contributed by atoms with Crippen LogP contribution >= 0.6 is 11.3 Å². The van der Waals surface area contributed by atoms with E-state index in [1.54, 1.807) is 37.3 Å². The number of para-hydroxylation sites is 1. The van der Waals surface area contributed by atoms with Crippen molar-refractivity contribution in [2.24, 2.45) is 0 Å². The van der Waals surface area contributed by atoms with Gasteiger partial charge in [0.1, 0.15) is 11.5 Å². The molecule has 0 amide bonds. The highest BCUT2D eigenvalue weighted by Gasteiger charge is 2.32. The largest absolute Gasteiger partial charge is 0.573 e. The van der Waals surface area contributed by atoms with Gasteiger partial charge in [0.2, 0.25) is 0 Å². The molecule has 11 heteroatoms. The third-order valence-corrected chi connectivity index (χ3v) is 5.74. The molecule has 0 fully saturated rings. The Morgan fingerprint density at radius 3 is 2.48 bits per heavy atom. The van der Waals surface area contributed by atoms with Crippen LogP contribution in [0.2, 0.25) is 0 Å². The third kappa shape index (κ3) is 6.16. The number of benzene rings is 2. The second-order valence-electron chi connectivity index (χ2n) is 6.79. The molecule has 1 aromatic heterocycles. The van der Waals surface area contributed by atoms with E-state index < -0.39 is 24.9 Å². The number of halogens is 3. The number of carboxylic acid groups (broad SMARTS) is 2. The maximum Gasteiger partial charge on any atom is 0.573 e. The van der Waals surface area contributed by atoms with Crippen molar-refractivity contribution >= 4 is 29.0 Å². The van der Waals surface area contributed by atoms with Crippen LogP contribution in [0.15, 0.2) is 48.5 Å². The number of nitrogens with one attached hydrogen (secondary N) is 1. The van der Waals surface area contributed by atoms with Gasteiger partial charge in [-0.15, -0.1) is 24.5 Å². The minimum absolute atomic E-state index is 0.0125. The number of hydrogen-bond acceptors (Lipinski definition) is 6. The van der Waals surface area contributed by atoms with Gasteiger partial charge in [0.05, 0.1) is 0 Å². The number of rotatable bonds is 9. The topological polar surface area (TPSA) is 105 Å². The minimum Gasteiger partial charge on any atom is -0.480 e. The molecule has 3 N–H and O–H groups in total. The molecule has 0 saturated carbocycles. The van der Waals surface area contributed by atoms with Crippen molar-refractivity contribution < 1.29 is 42.4 Å². The number of carbonyl (C=O) groups is 2. The molecule has 0 unspecified atom stereocenters. The van der Waals surface area contributed by atoms with E-state index in [2.05, 4.69) is 10.1 Å². The quantitative estimate of drug-likeness (QED) is 0.376. The minimum atomic E-state index is -4.81. The third-order valence-electron chi connectivity index (χ3n) is 4.43. The van der Waals surface area contributed by atoms with Crippen LogP contribution in [0.1, 0.15) is 20.8 Å². The molecular weight excluding hydrogens is 463 g/mol. The predicted octanol–water partition coefficient (Wildman–Crippen LogP) is 5.40. The van der Waals surface area contributed by atoms with Crippen LogP contribution < -0.4 is 14.8 Å². The maximum atomic E-state index is 12.6. The molecule has 33 heavy (non-hydrogen) atoms. The highest BCUT2D eigenvalue weighted by Crippen LogP contribution is 2.42. The first-order valence-electron chi connectivity index (χ1n) is 9.44. The Hall–Kier alpha value is -3.73. The van der Waals surface area contributed by atoms with Crippen LogP contribution in [0.4, 0.5) is 18.9 Å². The van der Waals surface area contributed by atoms with E-state index in [1.807, 2.05) is 0 Å². The molecule has 0 aliphatic rings. The van der Waals surface area contributed by atoms with Gasteiger partial charge in [0.25, 0.3) is 0 Å². The standard InChI is InChI=1S/C22H18F3NO6S/c1-12-18(31-11-17(27)28)20(21(29)30)33-19(12)13-6-4-7-15(9-13)26-10-14-5-2-3-8-16(14)32-22(23,24)25/h2-9,26H,10-11H2,1H3,(H,27,28)(H,29,30). The molecule has 0 aliphatic heterocycles. The molecule has 0 saturated heterocycles. The van der Waals surface area contributed by atoms with Crippen molar-refractivity contribution in [1.29, 1.82) is 0 Å². The summed E-state index contributed by atoms with van der Waals surface area (Å²) in [6.45, 7) is 0.991. The lowest BCUT2D eigenvalue weighted by Crippen LogP contribution is -2.18. The number of carboxylic acids is 2. The van der Waals surface area contributed by atoms with Crippen molar-refractivity contribution in [2.45, 2.75) is 19.8 Å². The van der Waals surface area contributed by atoms with E-state index in [4.69, 9.17) is 9.84 Å². The summed E-state index contributed by atoms with van der Waals surface area (Å²) in [5, 5.41) is 21.3. The number of aromatic carboxylic acids is 1. The Balaban J connectivity index is 1.85. The molecule has 2 aromatic carbocycles. The van der Waals surface area contributed by atoms with Crippen LogP contribution in [0, 0.1) is 6.92 Å². The molecule has 0 spiro atoms. The molecule has 174 valence electrons. The molecule has 3 aromatic rings. The maximum absolute atomic E-state index is 12.6. The van der Waals surface area contributed by atoms with Crippen LogP contribution in [0.25, 0.3) is 10.4 Å². The molecular formula is C22H18F3NO6S. The molecule has 0 bridgehead atoms. The molecule has 7 nitrogen and oxygen atoms in total. The Bertz CT molecular complexity index is 1180. The van der Waals surface area contributed by atoms with Gasteiger partial charge in [0, 0.05) is 28.2 Å². The van der Waals surface area contributed by atoms with Gasteiger partial charge in [-0.3, -0.25) is 0 Å². The number of alkyl halides is 3. The van der Waals surface area contributed by atoms with E-state index in [9.17, 15) is 27.9 Å². The lowest BCUT2D eigenvalue weighted by molar-refractivity contribution is -0.274. The van der Waals surface area contributed by atoms with Gasteiger partial charge in [-0.25, -0.2) is 9.59 Å². The van der Waals surface area contributed by atoms with Gasteiger partial charge in [-0.2, -0.15) is 0 Å². The summed E-state index contributed by atoms with van der Waals surface area (Å²) in [5.74, 6) is -2.81. The summed E-state index contributed by atoms with van der Waals surface area (Å²) < 4.78 is 47.1. The van der Waals surface area contributed by atoms with Gasteiger partial charge in [0.15, 0.2) is 11.5 Å². The van der Waals surface area contributed by atoms with Crippen LogP contribution in [0.3, 0.4) is 0 Å². The Labute approximate surface area is 190 Å². The van der Waals surface area contributed by atoms with Gasteiger partial charge >= 0.3 is 18.3 Å². The summed E-state index contributed by atoms with van der Waals surface area (Å²) in [6, 6.07) is 12.6. The first-order valence-corrected chi connectivity index (χ1v) is 10.3. The number of aliphatic carboxylic acids is 1. The fourth-order valence-electron chi connectivity index (χ4n) is 3.06. The van der Waals surface area contributed by atoms with Crippen molar-refractivity contribution in [2.75, 3.05) is 11.9 Å². The fraction of sp³-hybridized carbons (Fsp3) is 0.182. The Morgan fingerprint density at radius 1 is 1.09 bits per heavy atom. The van der Waals surface area contributed by atoms with Gasteiger partial charge in [-0.1, -0.05) is 30.3 Å². The van der Waals surface area contributed by atoms with Crippen molar-refractivity contribution in [3.63, 3.8) is 0 Å². The zero-order valence-corrected chi connectivity index (χ0v) is 17.9. The van der Waals surface area contributed by atoms with Crippen LogP contribution in [-0.4, -0.2) is 35.1 Å². The molecule has 0 atom stereocenters. The Kier molecular flexibility index (Phi) is 7.12. The monoisotopic (exact) mass is 481 g/mol. The van der Waals surface area contributed by atoms with Crippen molar-refractivity contribution in [3.8, 4) is 21.9 Å². The number of thiophene rings is 1. The number of hydrogen-bond donors (Lipinski definition) is 3. The first kappa shape index (κ1) is 23.9. The predicted molar refractivity (Wildman–Crippen MR) is 115 cm³/mol. The molecule has 0 radical (unpaired) electrons. The Morgan fingerprint density at radius 2 is 1.82 bits per heavy atom. The van der Waals surface area contributed by atoms with Crippen molar-refractivity contribution in [3.05, 3.63) is 64.5 Å². The van der Waals surface area contributed by atoms with E-state index >= 15 is 0 Å². The van der Waals surface area contributed by atoms with Crippen LogP contribution in [-0.2, 0) is 11.3 Å². The summed E-state index contributed by atoms with van der Waals surface area (Å²) in [5.41, 5.74) is 1.98. The summed E-state index contributed by atoms with van der Waals surface area (Å²) >= 11 is 0.941. The van der Waals surface area contributed by atoms with Crippen molar-refractivity contribution in [1.82, 2.24) is 0 Å². The fourth-order valence-corrected chi connectivity index (χ4v) is 4.15. The second kappa shape index (κ2) is 9.82. The number of anilines is 1. The summed E-state index contributed by atoms with van der Waals surface area (Å²) in [7, 11) is 0. The van der Waals surface area contributed by atoms with E-state index in [1.165, 1.54) is 18.2 Å². The normalized spacial score (nSPS) is 11.2. The number of ether oxygens (including phenoxy) is 2. The highest BCUT2D eigenvalue weighted by molar-refractivity contribution is 7.18. The SMILES string of the molecule is Cc1c(-c2cccc(NCc3ccccc3OC(F)(F)F)c2)sc(C(=O)O)c1OCC(=O)O. The van der Waals surface area contributed by atoms with Crippen LogP contribution in [0.5, 0.6) is 11.5 Å².